The summed E-state index contributed by atoms with van der Waals surface area (Å²) < 4.78 is 50.0. The molecule has 0 atom stereocenters. The summed E-state index contributed by atoms with van der Waals surface area (Å²) in [5.41, 5.74) is 1.43. The van der Waals surface area contributed by atoms with Gasteiger partial charge in [0.15, 0.2) is 0 Å². The van der Waals surface area contributed by atoms with Crippen LogP contribution in [0, 0.1) is 5.82 Å². The van der Waals surface area contributed by atoms with Crippen molar-refractivity contribution in [2.45, 2.75) is 18.0 Å². The molecule has 0 saturated carbocycles. The molecule has 0 unspecified atom stereocenters. The molecule has 0 aromatic heterocycles. The van der Waals surface area contributed by atoms with Gasteiger partial charge in [0.25, 0.3) is 5.91 Å². The van der Waals surface area contributed by atoms with Crippen LogP contribution in [0.2, 0.25) is 5.02 Å². The van der Waals surface area contributed by atoms with Crippen molar-refractivity contribution in [3.05, 3.63) is 125 Å². The summed E-state index contributed by atoms with van der Waals surface area (Å²) in [6.45, 7) is 0.139. The molecule has 0 aliphatic rings. The van der Waals surface area contributed by atoms with E-state index in [4.69, 9.17) is 20.5 Å². The van der Waals surface area contributed by atoms with E-state index in [1.165, 1.54) is 54.5 Å². The third-order valence-electron chi connectivity index (χ3n) is 5.56. The Bertz CT molecular complexity index is 1490. The lowest BCUT2D eigenvalue weighted by molar-refractivity contribution is 0.0729. The third-order valence-corrected chi connectivity index (χ3v) is 7.14. The maximum absolute atomic E-state index is 13.5. The van der Waals surface area contributed by atoms with Crippen LogP contribution < -0.4 is 8.92 Å². The van der Waals surface area contributed by atoms with Crippen LogP contribution in [-0.2, 0) is 23.2 Å². The first-order valence-electron chi connectivity index (χ1n) is 11.2. The smallest absolute Gasteiger partial charge is 0.339 e. The average molecular weight is 540 g/mol. The molecule has 0 N–H and O–H groups in total. The lowest BCUT2D eigenvalue weighted by Crippen LogP contribution is -2.30. The van der Waals surface area contributed by atoms with Crippen molar-refractivity contribution < 1.29 is 26.5 Å². The molecule has 0 radical (unpaired) electrons. The third kappa shape index (κ3) is 6.47. The fourth-order valence-electron chi connectivity index (χ4n) is 3.64. The van der Waals surface area contributed by atoms with E-state index in [2.05, 4.69) is 0 Å². The number of hydrogen-bond acceptors (Lipinski definition) is 5. The highest BCUT2D eigenvalue weighted by atomic mass is 35.5. The zero-order valence-electron chi connectivity index (χ0n) is 19.8. The van der Waals surface area contributed by atoms with Gasteiger partial charge in [-0.3, -0.25) is 4.79 Å². The first kappa shape index (κ1) is 26.2. The van der Waals surface area contributed by atoms with E-state index in [1.54, 1.807) is 54.6 Å². The van der Waals surface area contributed by atoms with Crippen LogP contribution in [0.15, 0.2) is 102 Å². The second-order valence-corrected chi connectivity index (χ2v) is 10.0. The van der Waals surface area contributed by atoms with Crippen LogP contribution in [0.4, 0.5) is 4.39 Å². The molecule has 0 heterocycles. The molecular weight excluding hydrogens is 517 g/mol. The van der Waals surface area contributed by atoms with Gasteiger partial charge in [0.05, 0.1) is 24.2 Å². The van der Waals surface area contributed by atoms with Crippen LogP contribution in [0.5, 0.6) is 11.5 Å². The van der Waals surface area contributed by atoms with E-state index in [9.17, 15) is 17.6 Å². The van der Waals surface area contributed by atoms with Gasteiger partial charge in [0.1, 0.15) is 22.2 Å². The largest absolute Gasteiger partial charge is 0.497 e. The average Bonchev–Trinajstić information content (AvgIpc) is 2.90. The zero-order valence-corrected chi connectivity index (χ0v) is 21.4. The minimum absolute atomic E-state index is 0.00966. The first-order chi connectivity index (χ1) is 17.8. The maximum Gasteiger partial charge on any atom is 0.339 e. The predicted molar refractivity (Wildman–Crippen MR) is 139 cm³/mol. The normalized spacial score (nSPS) is 11.1. The fraction of sp³-hybridized carbons (Fsp3) is 0.107. The van der Waals surface area contributed by atoms with Gasteiger partial charge in [0, 0.05) is 12.1 Å². The SMILES string of the molecule is COc1ccc(S(=O)(=O)Oc2ccccc2CN(Cc2ccc(F)cc2)C(=O)c2ccccc2Cl)cc1. The Morgan fingerprint density at radius 1 is 0.865 bits per heavy atom. The van der Waals surface area contributed by atoms with Crippen LogP contribution in [-0.4, -0.2) is 26.3 Å². The van der Waals surface area contributed by atoms with Crippen molar-refractivity contribution >= 4 is 27.6 Å². The van der Waals surface area contributed by atoms with E-state index in [0.29, 0.717) is 16.9 Å². The highest BCUT2D eigenvalue weighted by molar-refractivity contribution is 7.87. The lowest BCUT2D eigenvalue weighted by atomic mass is 10.1. The lowest BCUT2D eigenvalue weighted by Gasteiger charge is -2.24. The van der Waals surface area contributed by atoms with Crippen molar-refractivity contribution in [2.24, 2.45) is 0 Å². The fourth-order valence-corrected chi connectivity index (χ4v) is 4.83. The minimum atomic E-state index is -4.16. The van der Waals surface area contributed by atoms with Gasteiger partial charge in [-0.1, -0.05) is 54.1 Å². The highest BCUT2D eigenvalue weighted by Gasteiger charge is 2.23. The van der Waals surface area contributed by atoms with Gasteiger partial charge in [-0.25, -0.2) is 4.39 Å². The molecule has 4 aromatic rings. The Balaban J connectivity index is 1.65. The molecule has 0 saturated heterocycles. The maximum atomic E-state index is 13.5. The Labute approximate surface area is 220 Å². The van der Waals surface area contributed by atoms with E-state index >= 15 is 0 Å². The molecule has 1 amide bonds. The summed E-state index contributed by atoms with van der Waals surface area (Å²) in [6.07, 6.45) is 0. The second-order valence-electron chi connectivity index (χ2n) is 8.09. The Kier molecular flexibility index (Phi) is 8.11. The number of benzene rings is 4. The summed E-state index contributed by atoms with van der Waals surface area (Å²) >= 11 is 6.29. The van der Waals surface area contributed by atoms with Crippen LogP contribution >= 0.6 is 11.6 Å². The molecule has 37 heavy (non-hydrogen) atoms. The number of rotatable bonds is 9. The molecule has 9 heteroatoms. The van der Waals surface area contributed by atoms with Gasteiger partial charge < -0.3 is 13.8 Å². The first-order valence-corrected chi connectivity index (χ1v) is 13.0. The van der Waals surface area contributed by atoms with Gasteiger partial charge in [-0.2, -0.15) is 8.42 Å². The van der Waals surface area contributed by atoms with Crippen LogP contribution in [0.25, 0.3) is 0 Å². The van der Waals surface area contributed by atoms with Gasteiger partial charge in [0.2, 0.25) is 0 Å². The molecular formula is C28H23ClFNO5S. The summed E-state index contributed by atoms with van der Waals surface area (Å²) in [4.78, 5) is 15.0. The highest BCUT2D eigenvalue weighted by Crippen LogP contribution is 2.27. The van der Waals surface area contributed by atoms with E-state index < -0.39 is 15.9 Å². The summed E-state index contributed by atoms with van der Waals surface area (Å²) in [5, 5.41) is 0.281. The number of methoxy groups -OCH3 is 1. The number of carbonyl (C=O) groups is 1. The molecule has 0 bridgehead atoms. The van der Waals surface area contributed by atoms with E-state index in [1.807, 2.05) is 0 Å². The topological polar surface area (TPSA) is 72.9 Å². The monoisotopic (exact) mass is 539 g/mol. The van der Waals surface area contributed by atoms with E-state index in [0.717, 1.165) is 0 Å². The molecule has 4 rings (SSSR count). The van der Waals surface area contributed by atoms with Crippen molar-refractivity contribution in [3.8, 4) is 11.5 Å². The number of amides is 1. The number of para-hydroxylation sites is 1. The molecule has 0 aliphatic carbocycles. The van der Waals surface area contributed by atoms with Crippen molar-refractivity contribution in [2.75, 3.05) is 7.11 Å². The van der Waals surface area contributed by atoms with Crippen molar-refractivity contribution in [1.29, 1.82) is 0 Å². The second kappa shape index (κ2) is 11.5. The van der Waals surface area contributed by atoms with Gasteiger partial charge in [-0.05, 0) is 60.2 Å². The molecule has 0 aliphatic heterocycles. The Hall–Kier alpha value is -3.88. The zero-order chi connectivity index (χ0) is 26.4. The minimum Gasteiger partial charge on any atom is -0.497 e. The molecule has 0 spiro atoms. The number of hydrogen-bond donors (Lipinski definition) is 0. The van der Waals surface area contributed by atoms with Gasteiger partial charge >= 0.3 is 10.1 Å². The summed E-state index contributed by atoms with van der Waals surface area (Å²) in [6, 6.07) is 24.8. The molecule has 6 nitrogen and oxygen atoms in total. The van der Waals surface area contributed by atoms with Crippen molar-refractivity contribution in [1.82, 2.24) is 4.90 Å². The van der Waals surface area contributed by atoms with Gasteiger partial charge in [-0.15, -0.1) is 0 Å². The quantitative estimate of drug-likeness (QED) is 0.240. The van der Waals surface area contributed by atoms with E-state index in [-0.39, 0.29) is 40.2 Å². The molecule has 0 fully saturated rings. The number of nitrogens with zero attached hydrogens (tertiary/aromatic N) is 1. The Morgan fingerprint density at radius 2 is 1.51 bits per heavy atom. The molecule has 4 aromatic carbocycles. The standard InChI is InChI=1S/C28H23ClFNO5S/c1-35-23-14-16-24(17-15-23)37(33,34)36-27-9-5-2-6-21(27)19-31(18-20-10-12-22(30)13-11-20)28(32)25-7-3-4-8-26(25)29/h2-17H,18-19H2,1H3. The van der Waals surface area contributed by atoms with Crippen LogP contribution in [0.1, 0.15) is 21.5 Å². The van der Waals surface area contributed by atoms with Crippen molar-refractivity contribution in [3.63, 3.8) is 0 Å². The number of halogens is 2. The number of carbonyl (C=O) groups excluding carboxylic acids is 1. The summed E-state index contributed by atoms with van der Waals surface area (Å²) in [7, 11) is -2.68. The molecule has 190 valence electrons. The number of ether oxygens (including phenoxy) is 1. The predicted octanol–water partition coefficient (Wildman–Crippen LogP) is 6.10. The summed E-state index contributed by atoms with van der Waals surface area (Å²) in [5.74, 6) is -0.179. The van der Waals surface area contributed by atoms with Crippen LogP contribution in [0.3, 0.4) is 0 Å². The Morgan fingerprint density at radius 3 is 2.19 bits per heavy atom.